The van der Waals surface area contributed by atoms with E-state index in [-0.39, 0.29) is 5.82 Å². The molecule has 0 radical (unpaired) electrons. The summed E-state index contributed by atoms with van der Waals surface area (Å²) < 4.78 is 19.4. The molecule has 2 nitrogen and oxygen atoms in total. The molecule has 0 bridgehead atoms. The zero-order valence-electron chi connectivity index (χ0n) is 11.9. The van der Waals surface area contributed by atoms with Crippen molar-refractivity contribution in [1.29, 1.82) is 0 Å². The molecule has 0 spiro atoms. The van der Waals surface area contributed by atoms with Gasteiger partial charge in [-0.15, -0.1) is 0 Å². The summed E-state index contributed by atoms with van der Waals surface area (Å²) in [4.78, 5) is 0. The summed E-state index contributed by atoms with van der Waals surface area (Å²) in [6.45, 7) is 3.52. The smallest absolute Gasteiger partial charge is 0.137 e. The number of aryl methyl sites for hydroxylation is 1. The Hall–Kier alpha value is -1.55. The molecule has 1 aliphatic heterocycles. The van der Waals surface area contributed by atoms with E-state index in [1.54, 1.807) is 12.1 Å². The normalized spacial score (nSPS) is 12.9. The van der Waals surface area contributed by atoms with Gasteiger partial charge in [0.05, 0.1) is 11.1 Å². The predicted octanol–water partition coefficient (Wildman–Crippen LogP) is 4.49. The van der Waals surface area contributed by atoms with Crippen LogP contribution >= 0.6 is 15.9 Å². The molecule has 1 aliphatic rings. The molecule has 0 aliphatic carbocycles. The van der Waals surface area contributed by atoms with Gasteiger partial charge in [0.1, 0.15) is 11.6 Å². The number of anilines is 1. The van der Waals surface area contributed by atoms with Crippen molar-refractivity contribution in [1.82, 2.24) is 0 Å². The minimum Gasteiger partial charge on any atom is -0.493 e. The van der Waals surface area contributed by atoms with E-state index in [0.29, 0.717) is 4.47 Å². The summed E-state index contributed by atoms with van der Waals surface area (Å²) >= 11 is 3.22. The van der Waals surface area contributed by atoms with E-state index in [2.05, 4.69) is 39.4 Å². The van der Waals surface area contributed by atoms with Gasteiger partial charge < -0.3 is 10.1 Å². The van der Waals surface area contributed by atoms with Crippen molar-refractivity contribution in [2.45, 2.75) is 19.8 Å². The Kier molecular flexibility index (Phi) is 4.15. The van der Waals surface area contributed by atoms with Crippen molar-refractivity contribution < 1.29 is 9.13 Å². The first-order valence-electron chi connectivity index (χ1n) is 7.07. The topological polar surface area (TPSA) is 21.3 Å². The van der Waals surface area contributed by atoms with Crippen LogP contribution in [0.3, 0.4) is 0 Å². The Balaban J connectivity index is 1.62. The van der Waals surface area contributed by atoms with Gasteiger partial charge in [-0.05, 0) is 64.2 Å². The average Bonchev–Trinajstić information content (AvgIpc) is 2.92. The van der Waals surface area contributed by atoms with Crippen molar-refractivity contribution in [3.05, 3.63) is 57.3 Å². The lowest BCUT2D eigenvalue weighted by Crippen LogP contribution is -2.06. The second kappa shape index (κ2) is 6.06. The maximum absolute atomic E-state index is 13.4. The quantitative estimate of drug-likeness (QED) is 0.878. The molecule has 3 rings (SSSR count). The highest BCUT2D eigenvalue weighted by molar-refractivity contribution is 9.10. The Labute approximate surface area is 132 Å². The first-order valence-corrected chi connectivity index (χ1v) is 7.87. The number of hydrogen-bond donors (Lipinski definition) is 1. The first kappa shape index (κ1) is 14.4. The molecule has 1 N–H and O–H groups in total. The van der Waals surface area contributed by atoms with Crippen LogP contribution in [0.1, 0.15) is 16.7 Å². The van der Waals surface area contributed by atoms with Crippen molar-refractivity contribution in [2.75, 3.05) is 18.5 Å². The van der Waals surface area contributed by atoms with Gasteiger partial charge in [-0.1, -0.05) is 12.1 Å². The first-order chi connectivity index (χ1) is 10.1. The largest absolute Gasteiger partial charge is 0.493 e. The van der Waals surface area contributed by atoms with Crippen LogP contribution in [0.4, 0.5) is 10.1 Å². The van der Waals surface area contributed by atoms with E-state index < -0.39 is 0 Å². The molecule has 0 unspecified atom stereocenters. The van der Waals surface area contributed by atoms with Crippen molar-refractivity contribution >= 4 is 21.6 Å². The zero-order chi connectivity index (χ0) is 14.8. The lowest BCUT2D eigenvalue weighted by molar-refractivity contribution is 0.357. The molecule has 0 saturated carbocycles. The number of halogens is 2. The Morgan fingerprint density at radius 2 is 2.14 bits per heavy atom. The second-order valence-electron chi connectivity index (χ2n) is 5.30. The molecule has 0 aromatic heterocycles. The van der Waals surface area contributed by atoms with Crippen molar-refractivity contribution in [3.63, 3.8) is 0 Å². The van der Waals surface area contributed by atoms with E-state index in [0.717, 1.165) is 43.0 Å². The highest BCUT2D eigenvalue weighted by Crippen LogP contribution is 2.27. The van der Waals surface area contributed by atoms with Crippen LogP contribution in [0.5, 0.6) is 5.75 Å². The monoisotopic (exact) mass is 349 g/mol. The van der Waals surface area contributed by atoms with Gasteiger partial charge in [0, 0.05) is 18.7 Å². The Morgan fingerprint density at radius 3 is 3.00 bits per heavy atom. The SMILES string of the molecule is Cc1cc(F)c(Br)cc1NCCc1ccc2c(c1)CCO2. The lowest BCUT2D eigenvalue weighted by atomic mass is 10.1. The summed E-state index contributed by atoms with van der Waals surface area (Å²) in [6, 6.07) is 9.72. The van der Waals surface area contributed by atoms with Crippen LogP contribution in [-0.2, 0) is 12.8 Å². The fourth-order valence-corrected chi connectivity index (χ4v) is 2.92. The maximum atomic E-state index is 13.4. The van der Waals surface area contributed by atoms with Gasteiger partial charge in [-0.25, -0.2) is 4.39 Å². The lowest BCUT2D eigenvalue weighted by Gasteiger charge is -2.11. The number of hydrogen-bond acceptors (Lipinski definition) is 2. The van der Waals surface area contributed by atoms with Gasteiger partial charge >= 0.3 is 0 Å². The van der Waals surface area contributed by atoms with Crippen LogP contribution < -0.4 is 10.1 Å². The second-order valence-corrected chi connectivity index (χ2v) is 6.15. The van der Waals surface area contributed by atoms with Crippen molar-refractivity contribution in [3.8, 4) is 5.75 Å². The average molecular weight is 350 g/mol. The van der Waals surface area contributed by atoms with Crippen LogP contribution in [0.15, 0.2) is 34.8 Å². The third-order valence-electron chi connectivity index (χ3n) is 3.75. The maximum Gasteiger partial charge on any atom is 0.137 e. The van der Waals surface area contributed by atoms with Crippen LogP contribution in [0.2, 0.25) is 0 Å². The summed E-state index contributed by atoms with van der Waals surface area (Å²) in [7, 11) is 0. The van der Waals surface area contributed by atoms with E-state index in [4.69, 9.17) is 4.74 Å². The van der Waals surface area contributed by atoms with Gasteiger partial charge in [0.25, 0.3) is 0 Å². The molecule has 0 amide bonds. The molecular weight excluding hydrogens is 333 g/mol. The number of rotatable bonds is 4. The molecule has 2 aromatic carbocycles. The minimum absolute atomic E-state index is 0.225. The predicted molar refractivity (Wildman–Crippen MR) is 86.7 cm³/mol. The molecule has 0 atom stereocenters. The van der Waals surface area contributed by atoms with Gasteiger partial charge in [-0.2, -0.15) is 0 Å². The van der Waals surface area contributed by atoms with E-state index in [1.165, 1.54) is 11.1 Å². The Morgan fingerprint density at radius 1 is 1.29 bits per heavy atom. The molecule has 1 heterocycles. The summed E-state index contributed by atoms with van der Waals surface area (Å²) in [5.74, 6) is 0.793. The van der Waals surface area contributed by atoms with Gasteiger partial charge in [-0.3, -0.25) is 0 Å². The highest BCUT2D eigenvalue weighted by atomic mass is 79.9. The van der Waals surface area contributed by atoms with E-state index >= 15 is 0 Å². The molecule has 21 heavy (non-hydrogen) atoms. The minimum atomic E-state index is -0.225. The third-order valence-corrected chi connectivity index (χ3v) is 4.36. The molecule has 0 saturated heterocycles. The van der Waals surface area contributed by atoms with Gasteiger partial charge in [0.15, 0.2) is 0 Å². The molecule has 110 valence electrons. The Bertz CT molecular complexity index is 672. The van der Waals surface area contributed by atoms with Crippen molar-refractivity contribution in [2.24, 2.45) is 0 Å². The number of ether oxygens (including phenoxy) is 1. The molecular formula is C17H17BrFNO. The third kappa shape index (κ3) is 3.21. The van der Waals surface area contributed by atoms with E-state index in [9.17, 15) is 4.39 Å². The molecule has 2 aromatic rings. The molecule has 0 fully saturated rings. The van der Waals surface area contributed by atoms with Crippen LogP contribution in [0, 0.1) is 12.7 Å². The number of nitrogens with one attached hydrogen (secondary N) is 1. The fourth-order valence-electron chi connectivity index (χ4n) is 2.57. The summed E-state index contributed by atoms with van der Waals surface area (Å²) in [5, 5.41) is 3.37. The van der Waals surface area contributed by atoms with E-state index in [1.807, 2.05) is 6.92 Å². The van der Waals surface area contributed by atoms with Gasteiger partial charge in [0.2, 0.25) is 0 Å². The summed E-state index contributed by atoms with van der Waals surface area (Å²) in [5.41, 5.74) is 4.48. The summed E-state index contributed by atoms with van der Waals surface area (Å²) in [6.07, 6.45) is 1.93. The van der Waals surface area contributed by atoms with Crippen LogP contribution in [-0.4, -0.2) is 13.2 Å². The number of benzene rings is 2. The standard InChI is InChI=1S/C17H17BrFNO/c1-11-8-15(19)14(18)10-16(11)20-6-4-12-2-3-17-13(9-12)5-7-21-17/h2-3,8-10,20H,4-7H2,1H3. The highest BCUT2D eigenvalue weighted by Gasteiger charge is 2.11. The fraction of sp³-hybridized carbons (Fsp3) is 0.294. The molecule has 4 heteroatoms. The van der Waals surface area contributed by atoms with Crippen LogP contribution in [0.25, 0.3) is 0 Å². The number of fused-ring (bicyclic) bond motifs is 1. The zero-order valence-corrected chi connectivity index (χ0v) is 13.5.